The lowest BCUT2D eigenvalue weighted by molar-refractivity contribution is -0.192. The summed E-state index contributed by atoms with van der Waals surface area (Å²) in [5, 5.41) is 21.7. The number of alkyl halides is 3. The van der Waals surface area contributed by atoms with Crippen LogP contribution in [0.4, 0.5) is 13.2 Å². The second kappa shape index (κ2) is 9.47. The standard InChI is InChI=1S/C13H17Cl2NO2.C2HF3O2/c1-18-10-3-2-9(14)12(15)11(10)13(17)8-4-6-16-7-5-8;3-2(4,5)1(6)7/h2-3,8,13,16-17H,4-7H2,1H3;(H,6,7). The first-order chi connectivity index (χ1) is 11.6. The van der Waals surface area contributed by atoms with E-state index in [-0.39, 0.29) is 5.92 Å². The number of carboxylic acids is 1. The highest BCUT2D eigenvalue weighted by atomic mass is 35.5. The molecule has 0 aromatic heterocycles. The van der Waals surface area contributed by atoms with Crippen molar-refractivity contribution in [2.75, 3.05) is 20.2 Å². The Labute approximate surface area is 152 Å². The third-order valence-corrected chi connectivity index (χ3v) is 4.50. The normalized spacial score (nSPS) is 16.6. The molecule has 1 unspecified atom stereocenters. The van der Waals surface area contributed by atoms with Crippen LogP contribution in [0.25, 0.3) is 0 Å². The maximum Gasteiger partial charge on any atom is 0.490 e. The van der Waals surface area contributed by atoms with Gasteiger partial charge < -0.3 is 20.3 Å². The van der Waals surface area contributed by atoms with Crippen molar-refractivity contribution in [3.05, 3.63) is 27.7 Å². The van der Waals surface area contributed by atoms with Gasteiger partial charge in [0.2, 0.25) is 0 Å². The highest BCUT2D eigenvalue weighted by Crippen LogP contribution is 2.41. The summed E-state index contributed by atoms with van der Waals surface area (Å²) in [6, 6.07) is 3.43. The van der Waals surface area contributed by atoms with E-state index in [0.29, 0.717) is 21.4 Å². The molecule has 1 fully saturated rings. The predicted molar refractivity (Wildman–Crippen MR) is 87.3 cm³/mol. The minimum Gasteiger partial charge on any atom is -0.496 e. The molecule has 5 nitrogen and oxygen atoms in total. The highest BCUT2D eigenvalue weighted by molar-refractivity contribution is 6.42. The zero-order chi connectivity index (χ0) is 19.2. The van der Waals surface area contributed by atoms with E-state index in [1.54, 1.807) is 19.2 Å². The van der Waals surface area contributed by atoms with Crippen molar-refractivity contribution in [1.29, 1.82) is 0 Å². The topological polar surface area (TPSA) is 78.8 Å². The molecule has 142 valence electrons. The molecule has 1 aromatic rings. The van der Waals surface area contributed by atoms with Crippen molar-refractivity contribution in [2.45, 2.75) is 25.1 Å². The number of benzene rings is 1. The molecule has 1 aliphatic heterocycles. The Morgan fingerprint density at radius 3 is 2.28 bits per heavy atom. The van der Waals surface area contributed by atoms with Crippen molar-refractivity contribution in [3.63, 3.8) is 0 Å². The van der Waals surface area contributed by atoms with Gasteiger partial charge in [-0.25, -0.2) is 4.79 Å². The van der Waals surface area contributed by atoms with E-state index < -0.39 is 18.2 Å². The lowest BCUT2D eigenvalue weighted by Crippen LogP contribution is -2.31. The third kappa shape index (κ3) is 6.22. The molecule has 2 rings (SSSR count). The van der Waals surface area contributed by atoms with Crippen molar-refractivity contribution in [2.24, 2.45) is 5.92 Å². The molecule has 3 N–H and O–H groups in total. The van der Waals surface area contributed by atoms with Gasteiger partial charge in [0.25, 0.3) is 0 Å². The largest absolute Gasteiger partial charge is 0.496 e. The van der Waals surface area contributed by atoms with Crippen LogP contribution in [0, 0.1) is 5.92 Å². The average molecular weight is 404 g/mol. The number of methoxy groups -OCH3 is 1. The molecule has 1 aromatic carbocycles. The number of hydrogen-bond donors (Lipinski definition) is 3. The fourth-order valence-electron chi connectivity index (χ4n) is 2.40. The molecule has 1 heterocycles. The van der Waals surface area contributed by atoms with E-state index in [0.717, 1.165) is 25.9 Å². The Balaban J connectivity index is 0.000000381. The molecule has 1 aliphatic rings. The van der Waals surface area contributed by atoms with Gasteiger partial charge in [-0.2, -0.15) is 13.2 Å². The van der Waals surface area contributed by atoms with Gasteiger partial charge in [-0.05, 0) is 44.0 Å². The summed E-state index contributed by atoms with van der Waals surface area (Å²) in [5.74, 6) is -1.97. The molecule has 0 aliphatic carbocycles. The van der Waals surface area contributed by atoms with E-state index in [1.807, 2.05) is 0 Å². The van der Waals surface area contributed by atoms with Crippen molar-refractivity contribution < 1.29 is 32.9 Å². The number of aliphatic hydroxyl groups excluding tert-OH is 1. The Hall–Kier alpha value is -1.22. The second-order valence-corrected chi connectivity index (χ2v) is 6.10. The maximum absolute atomic E-state index is 10.6. The molecular weight excluding hydrogens is 386 g/mol. The summed E-state index contributed by atoms with van der Waals surface area (Å²) in [6.45, 7) is 1.84. The van der Waals surface area contributed by atoms with Crippen molar-refractivity contribution >= 4 is 29.2 Å². The van der Waals surface area contributed by atoms with E-state index >= 15 is 0 Å². The van der Waals surface area contributed by atoms with Crippen molar-refractivity contribution in [1.82, 2.24) is 5.32 Å². The van der Waals surface area contributed by atoms with Crippen LogP contribution in [0.15, 0.2) is 12.1 Å². The average Bonchev–Trinajstić information content (AvgIpc) is 2.57. The Bertz CT molecular complexity index is 593. The molecule has 1 atom stereocenters. The minimum absolute atomic E-state index is 0.191. The summed E-state index contributed by atoms with van der Waals surface area (Å²) in [6.07, 6.45) is -3.87. The van der Waals surface area contributed by atoms with Gasteiger partial charge in [0.05, 0.1) is 23.3 Å². The number of hydrogen-bond acceptors (Lipinski definition) is 4. The zero-order valence-electron chi connectivity index (χ0n) is 13.2. The van der Waals surface area contributed by atoms with E-state index in [4.69, 9.17) is 37.8 Å². The second-order valence-electron chi connectivity index (χ2n) is 5.31. The van der Waals surface area contributed by atoms with E-state index in [2.05, 4.69) is 5.32 Å². The van der Waals surface area contributed by atoms with Gasteiger partial charge in [-0.15, -0.1) is 0 Å². The van der Waals surface area contributed by atoms with E-state index in [9.17, 15) is 18.3 Å². The third-order valence-electron chi connectivity index (χ3n) is 3.68. The van der Waals surface area contributed by atoms with Gasteiger partial charge in [-0.3, -0.25) is 0 Å². The number of aliphatic hydroxyl groups is 1. The van der Waals surface area contributed by atoms with Crippen LogP contribution < -0.4 is 10.1 Å². The molecule has 0 saturated carbocycles. The van der Waals surface area contributed by atoms with Gasteiger partial charge in [0.1, 0.15) is 5.75 Å². The Kier molecular flexibility index (Phi) is 8.27. The monoisotopic (exact) mass is 403 g/mol. The maximum atomic E-state index is 10.6. The number of ether oxygens (including phenoxy) is 1. The van der Waals surface area contributed by atoms with Gasteiger partial charge >= 0.3 is 12.1 Å². The van der Waals surface area contributed by atoms with Gasteiger partial charge in [0, 0.05) is 5.56 Å². The summed E-state index contributed by atoms with van der Waals surface area (Å²) in [5.41, 5.74) is 0.610. The lowest BCUT2D eigenvalue weighted by Gasteiger charge is -2.29. The first-order valence-electron chi connectivity index (χ1n) is 7.30. The highest BCUT2D eigenvalue weighted by Gasteiger charge is 2.38. The summed E-state index contributed by atoms with van der Waals surface area (Å²) in [4.78, 5) is 8.90. The first-order valence-corrected chi connectivity index (χ1v) is 8.06. The van der Waals surface area contributed by atoms with Crippen LogP contribution in [-0.2, 0) is 4.79 Å². The fraction of sp³-hybridized carbons (Fsp3) is 0.533. The minimum atomic E-state index is -5.08. The van der Waals surface area contributed by atoms with Crippen molar-refractivity contribution in [3.8, 4) is 5.75 Å². The number of carboxylic acid groups (broad SMARTS) is 1. The van der Waals surface area contributed by atoms with Gasteiger partial charge in [-0.1, -0.05) is 23.2 Å². The van der Waals surface area contributed by atoms with Crippen LogP contribution in [0.1, 0.15) is 24.5 Å². The molecule has 0 radical (unpaired) electrons. The molecule has 0 spiro atoms. The number of aliphatic carboxylic acids is 1. The molecule has 10 heteroatoms. The molecule has 25 heavy (non-hydrogen) atoms. The lowest BCUT2D eigenvalue weighted by atomic mass is 9.87. The molecule has 0 bridgehead atoms. The van der Waals surface area contributed by atoms with E-state index in [1.165, 1.54) is 0 Å². The van der Waals surface area contributed by atoms with Crippen LogP contribution in [0.2, 0.25) is 10.0 Å². The van der Waals surface area contributed by atoms with Crippen LogP contribution in [0.5, 0.6) is 5.75 Å². The quantitative estimate of drug-likeness (QED) is 0.717. The molecule has 1 saturated heterocycles. The summed E-state index contributed by atoms with van der Waals surface area (Å²) < 4.78 is 37.0. The fourth-order valence-corrected chi connectivity index (χ4v) is 2.83. The number of piperidine rings is 1. The molecule has 0 amide bonds. The van der Waals surface area contributed by atoms with Crippen LogP contribution in [-0.4, -0.2) is 42.6 Å². The summed E-state index contributed by atoms with van der Waals surface area (Å²) >= 11 is 12.2. The predicted octanol–water partition coefficient (Wildman–Crippen LogP) is 3.67. The summed E-state index contributed by atoms with van der Waals surface area (Å²) in [7, 11) is 1.57. The number of nitrogens with one attached hydrogen (secondary N) is 1. The number of halogens is 5. The number of carbonyl (C=O) groups is 1. The SMILES string of the molecule is COc1ccc(Cl)c(Cl)c1C(O)C1CCNCC1.O=C(O)C(F)(F)F. The zero-order valence-corrected chi connectivity index (χ0v) is 14.8. The van der Waals surface area contributed by atoms with Crippen LogP contribution >= 0.6 is 23.2 Å². The van der Waals surface area contributed by atoms with Crippen LogP contribution in [0.3, 0.4) is 0 Å². The number of rotatable bonds is 3. The molecular formula is C15H18Cl2F3NO4. The Morgan fingerprint density at radius 2 is 1.84 bits per heavy atom. The smallest absolute Gasteiger partial charge is 0.490 e. The van der Waals surface area contributed by atoms with Gasteiger partial charge in [0.15, 0.2) is 0 Å². The first kappa shape index (κ1) is 21.8. The Morgan fingerprint density at radius 1 is 1.32 bits per heavy atom.